The van der Waals surface area contributed by atoms with Crippen LogP contribution in [0.25, 0.3) is 0 Å². The SMILES string of the molecule is CC1CCC(C(C)C)C(OC(=O)Cc2cc(Cl)ccc2[N+](=O)[O-])C1. The molecule has 2 rings (SSSR count). The van der Waals surface area contributed by atoms with E-state index in [0.29, 0.717) is 28.3 Å². The maximum Gasteiger partial charge on any atom is 0.310 e. The summed E-state index contributed by atoms with van der Waals surface area (Å²) in [6, 6.07) is 4.24. The van der Waals surface area contributed by atoms with Gasteiger partial charge >= 0.3 is 5.97 Å². The van der Waals surface area contributed by atoms with Crippen molar-refractivity contribution < 1.29 is 14.5 Å². The third kappa shape index (κ3) is 4.69. The Hall–Kier alpha value is -1.62. The van der Waals surface area contributed by atoms with Crippen LogP contribution >= 0.6 is 11.6 Å². The molecule has 1 saturated carbocycles. The predicted octanol–water partition coefficient (Wildman–Crippen LogP) is 4.79. The van der Waals surface area contributed by atoms with Crippen molar-refractivity contribution in [2.45, 2.75) is 52.6 Å². The topological polar surface area (TPSA) is 69.4 Å². The van der Waals surface area contributed by atoms with Gasteiger partial charge in [-0.2, -0.15) is 0 Å². The Morgan fingerprint density at radius 1 is 1.42 bits per heavy atom. The molecule has 0 aliphatic heterocycles. The number of benzene rings is 1. The fourth-order valence-electron chi connectivity index (χ4n) is 3.49. The first-order valence-electron chi connectivity index (χ1n) is 8.40. The van der Waals surface area contributed by atoms with Crippen LogP contribution in [0.4, 0.5) is 5.69 Å². The molecule has 0 aromatic heterocycles. The molecular weight excluding hydrogens is 330 g/mol. The molecule has 0 bridgehead atoms. The summed E-state index contributed by atoms with van der Waals surface area (Å²) in [5, 5.41) is 11.5. The fourth-order valence-corrected chi connectivity index (χ4v) is 3.68. The van der Waals surface area contributed by atoms with Crippen molar-refractivity contribution in [1.82, 2.24) is 0 Å². The molecule has 1 aromatic rings. The Kier molecular flexibility index (Phi) is 6.21. The summed E-state index contributed by atoms with van der Waals surface area (Å²) >= 11 is 5.91. The van der Waals surface area contributed by atoms with Crippen LogP contribution in [0.15, 0.2) is 18.2 Å². The first-order valence-corrected chi connectivity index (χ1v) is 8.78. The minimum Gasteiger partial charge on any atom is -0.462 e. The minimum absolute atomic E-state index is 0.103. The highest BCUT2D eigenvalue weighted by Crippen LogP contribution is 2.35. The molecule has 3 unspecified atom stereocenters. The Morgan fingerprint density at radius 2 is 2.12 bits per heavy atom. The summed E-state index contributed by atoms with van der Waals surface area (Å²) in [4.78, 5) is 23.0. The Labute approximate surface area is 147 Å². The van der Waals surface area contributed by atoms with E-state index in [2.05, 4.69) is 20.8 Å². The van der Waals surface area contributed by atoms with Gasteiger partial charge in [0.25, 0.3) is 5.69 Å². The number of hydrogen-bond acceptors (Lipinski definition) is 4. The first kappa shape index (κ1) is 18.7. The zero-order chi connectivity index (χ0) is 17.9. The quantitative estimate of drug-likeness (QED) is 0.433. The monoisotopic (exact) mass is 353 g/mol. The summed E-state index contributed by atoms with van der Waals surface area (Å²) in [5.41, 5.74) is 0.191. The van der Waals surface area contributed by atoms with Gasteiger partial charge in [-0.25, -0.2) is 0 Å². The number of halogens is 1. The molecular formula is C18H24ClNO4. The molecule has 0 spiro atoms. The number of nitrogens with zero attached hydrogens (tertiary/aromatic N) is 1. The number of ether oxygens (including phenoxy) is 1. The molecule has 1 aromatic carbocycles. The van der Waals surface area contributed by atoms with Gasteiger partial charge in [0.15, 0.2) is 0 Å². The van der Waals surface area contributed by atoms with E-state index in [4.69, 9.17) is 16.3 Å². The van der Waals surface area contributed by atoms with E-state index in [0.717, 1.165) is 19.3 Å². The van der Waals surface area contributed by atoms with Crippen LogP contribution in [0, 0.1) is 27.9 Å². The smallest absolute Gasteiger partial charge is 0.310 e. The Morgan fingerprint density at radius 3 is 2.75 bits per heavy atom. The number of esters is 1. The Bertz CT molecular complexity index is 617. The molecule has 0 saturated heterocycles. The average molecular weight is 354 g/mol. The van der Waals surface area contributed by atoms with Crippen LogP contribution in [-0.2, 0) is 16.0 Å². The second kappa shape index (κ2) is 7.97. The minimum atomic E-state index is -0.501. The van der Waals surface area contributed by atoms with Gasteiger partial charge in [-0.1, -0.05) is 38.8 Å². The van der Waals surface area contributed by atoms with Crippen LogP contribution in [0.5, 0.6) is 0 Å². The van der Waals surface area contributed by atoms with Crippen LogP contribution in [-0.4, -0.2) is 17.0 Å². The summed E-state index contributed by atoms with van der Waals surface area (Å²) in [6.45, 7) is 6.45. The highest BCUT2D eigenvalue weighted by atomic mass is 35.5. The Balaban J connectivity index is 2.09. The predicted molar refractivity (Wildman–Crippen MR) is 93.0 cm³/mol. The van der Waals surface area contributed by atoms with E-state index in [1.165, 1.54) is 18.2 Å². The van der Waals surface area contributed by atoms with Gasteiger partial charge in [0.1, 0.15) is 6.10 Å². The van der Waals surface area contributed by atoms with Gasteiger partial charge in [-0.05, 0) is 42.7 Å². The molecule has 1 aliphatic carbocycles. The molecule has 0 heterocycles. The van der Waals surface area contributed by atoms with E-state index >= 15 is 0 Å². The summed E-state index contributed by atoms with van der Waals surface area (Å²) in [5.74, 6) is 0.888. The molecule has 1 aliphatic rings. The number of hydrogen-bond donors (Lipinski definition) is 0. The second-order valence-electron chi connectivity index (χ2n) is 7.06. The highest BCUT2D eigenvalue weighted by molar-refractivity contribution is 6.30. The van der Waals surface area contributed by atoms with Crippen molar-refractivity contribution in [3.63, 3.8) is 0 Å². The van der Waals surface area contributed by atoms with Crippen molar-refractivity contribution in [2.24, 2.45) is 17.8 Å². The van der Waals surface area contributed by atoms with Crippen molar-refractivity contribution in [3.8, 4) is 0 Å². The lowest BCUT2D eigenvalue weighted by Gasteiger charge is -2.36. The third-order valence-electron chi connectivity index (χ3n) is 4.82. The molecule has 1 fully saturated rings. The second-order valence-corrected chi connectivity index (χ2v) is 7.50. The lowest BCUT2D eigenvalue weighted by atomic mass is 9.75. The van der Waals surface area contributed by atoms with Crippen molar-refractivity contribution >= 4 is 23.3 Å². The molecule has 3 atom stereocenters. The summed E-state index contributed by atoms with van der Waals surface area (Å²) < 4.78 is 5.71. The van der Waals surface area contributed by atoms with Crippen LogP contribution in [0.1, 0.15) is 45.6 Å². The van der Waals surface area contributed by atoms with Crippen LogP contribution < -0.4 is 0 Å². The normalized spacial score (nSPS) is 24.0. The van der Waals surface area contributed by atoms with Crippen LogP contribution in [0.2, 0.25) is 5.02 Å². The maximum atomic E-state index is 12.4. The number of carbonyl (C=O) groups excluding carboxylic acids is 1. The van der Waals surface area contributed by atoms with Gasteiger partial charge in [0.2, 0.25) is 0 Å². The largest absolute Gasteiger partial charge is 0.462 e. The number of nitro groups is 1. The van der Waals surface area contributed by atoms with Crippen molar-refractivity contribution in [3.05, 3.63) is 38.9 Å². The van der Waals surface area contributed by atoms with E-state index in [9.17, 15) is 14.9 Å². The zero-order valence-electron chi connectivity index (χ0n) is 14.3. The number of carbonyl (C=O) groups is 1. The highest BCUT2D eigenvalue weighted by Gasteiger charge is 2.33. The van der Waals surface area contributed by atoms with E-state index in [1.54, 1.807) is 0 Å². The maximum absolute atomic E-state index is 12.4. The average Bonchev–Trinajstić information content (AvgIpc) is 2.46. The number of rotatable bonds is 5. The molecule has 0 radical (unpaired) electrons. The van der Waals surface area contributed by atoms with Gasteiger partial charge in [-0.15, -0.1) is 0 Å². The molecule has 6 heteroatoms. The van der Waals surface area contributed by atoms with E-state index in [-0.39, 0.29) is 18.2 Å². The van der Waals surface area contributed by atoms with Crippen molar-refractivity contribution in [1.29, 1.82) is 0 Å². The molecule has 24 heavy (non-hydrogen) atoms. The van der Waals surface area contributed by atoms with Gasteiger partial charge < -0.3 is 4.74 Å². The first-order chi connectivity index (χ1) is 11.3. The molecule has 0 N–H and O–H groups in total. The number of nitro benzene ring substituents is 1. The summed E-state index contributed by atoms with van der Waals surface area (Å²) in [7, 11) is 0. The van der Waals surface area contributed by atoms with Gasteiger partial charge in [-0.3, -0.25) is 14.9 Å². The molecule has 0 amide bonds. The zero-order valence-corrected chi connectivity index (χ0v) is 15.1. The molecule has 132 valence electrons. The third-order valence-corrected chi connectivity index (χ3v) is 5.05. The lowest BCUT2D eigenvalue weighted by molar-refractivity contribution is -0.385. The van der Waals surface area contributed by atoms with E-state index < -0.39 is 10.9 Å². The lowest BCUT2D eigenvalue weighted by Crippen LogP contribution is -2.36. The standard InChI is InChI=1S/C18H24ClNO4/c1-11(2)15-6-4-12(3)8-17(15)24-18(21)10-13-9-14(19)5-7-16(13)20(22)23/h5,7,9,11-12,15,17H,4,6,8,10H2,1-3H3. The van der Waals surface area contributed by atoms with Crippen LogP contribution in [0.3, 0.4) is 0 Å². The van der Waals surface area contributed by atoms with Gasteiger partial charge in [0, 0.05) is 16.7 Å². The molecule has 5 nitrogen and oxygen atoms in total. The van der Waals surface area contributed by atoms with Gasteiger partial charge in [0.05, 0.1) is 11.3 Å². The van der Waals surface area contributed by atoms with E-state index in [1.807, 2.05) is 0 Å². The fraction of sp³-hybridized carbons (Fsp3) is 0.611. The van der Waals surface area contributed by atoms with Crippen molar-refractivity contribution in [2.75, 3.05) is 0 Å². The summed E-state index contributed by atoms with van der Waals surface area (Å²) in [6.07, 6.45) is 2.81.